The highest BCUT2D eigenvalue weighted by Crippen LogP contribution is 2.27. The summed E-state index contributed by atoms with van der Waals surface area (Å²) in [6, 6.07) is 6.06. The Morgan fingerprint density at radius 1 is 1.33 bits per heavy atom. The van der Waals surface area contributed by atoms with Crippen molar-refractivity contribution in [3.8, 4) is 0 Å². The number of nitro benzene ring substituents is 1. The van der Waals surface area contributed by atoms with Crippen LogP contribution in [0.2, 0.25) is 0 Å². The van der Waals surface area contributed by atoms with Gasteiger partial charge in [0.1, 0.15) is 10.7 Å². The van der Waals surface area contributed by atoms with Crippen molar-refractivity contribution in [2.24, 2.45) is 0 Å². The van der Waals surface area contributed by atoms with Crippen LogP contribution in [0.1, 0.15) is 29.4 Å². The smallest absolute Gasteiger partial charge is 0.292 e. The molecule has 2 aromatic rings. The minimum atomic E-state index is -0.520. The van der Waals surface area contributed by atoms with Crippen molar-refractivity contribution in [1.82, 2.24) is 10.3 Å². The standard InChI is InChI=1S/C16H20N4O3S/c1-10-11(2)24-15(18-10)16(3,4)17-9-14(21)19-12-7-5-6-8-13(12)20(22)23/h5-8,17H,9H2,1-4H3,(H,19,21). The molecule has 0 aliphatic rings. The summed E-state index contributed by atoms with van der Waals surface area (Å²) in [5, 5.41) is 17.6. The normalized spacial score (nSPS) is 11.3. The maximum absolute atomic E-state index is 12.1. The Morgan fingerprint density at radius 2 is 2.00 bits per heavy atom. The van der Waals surface area contributed by atoms with Gasteiger partial charge < -0.3 is 5.32 Å². The Hall–Kier alpha value is -2.32. The number of amides is 1. The van der Waals surface area contributed by atoms with E-state index in [9.17, 15) is 14.9 Å². The number of hydrogen-bond acceptors (Lipinski definition) is 6. The van der Waals surface area contributed by atoms with Crippen molar-refractivity contribution in [1.29, 1.82) is 0 Å². The van der Waals surface area contributed by atoms with Crippen LogP contribution >= 0.6 is 11.3 Å². The highest BCUT2D eigenvalue weighted by molar-refractivity contribution is 7.11. The lowest BCUT2D eigenvalue weighted by molar-refractivity contribution is -0.383. The summed E-state index contributed by atoms with van der Waals surface area (Å²) in [6.45, 7) is 7.88. The molecule has 0 saturated heterocycles. The average molecular weight is 348 g/mol. The number of nitro groups is 1. The molecule has 0 saturated carbocycles. The van der Waals surface area contributed by atoms with Crippen LogP contribution in [0.4, 0.5) is 11.4 Å². The van der Waals surface area contributed by atoms with Gasteiger partial charge in [-0.1, -0.05) is 12.1 Å². The number of thiazole rings is 1. The maximum Gasteiger partial charge on any atom is 0.292 e. The molecule has 0 unspecified atom stereocenters. The summed E-state index contributed by atoms with van der Waals surface area (Å²) < 4.78 is 0. The van der Waals surface area contributed by atoms with E-state index in [1.165, 1.54) is 12.1 Å². The number of nitrogens with one attached hydrogen (secondary N) is 2. The minimum absolute atomic E-state index is 0.0245. The van der Waals surface area contributed by atoms with Crippen LogP contribution < -0.4 is 10.6 Å². The summed E-state index contributed by atoms with van der Waals surface area (Å²) in [5.41, 5.74) is 0.572. The molecule has 0 atom stereocenters. The lowest BCUT2D eigenvalue weighted by Crippen LogP contribution is -2.41. The Morgan fingerprint density at radius 3 is 2.58 bits per heavy atom. The molecule has 0 bridgehead atoms. The number of nitrogens with zero attached hydrogens (tertiary/aromatic N) is 2. The zero-order valence-corrected chi connectivity index (χ0v) is 14.9. The summed E-state index contributed by atoms with van der Waals surface area (Å²) in [5.74, 6) is -0.345. The fraction of sp³-hybridized carbons (Fsp3) is 0.375. The molecule has 128 valence electrons. The summed E-state index contributed by atoms with van der Waals surface area (Å²) in [6.07, 6.45) is 0. The summed E-state index contributed by atoms with van der Waals surface area (Å²) in [7, 11) is 0. The number of benzene rings is 1. The van der Waals surface area contributed by atoms with Crippen LogP contribution in [-0.4, -0.2) is 22.4 Å². The second kappa shape index (κ2) is 7.06. The number of anilines is 1. The fourth-order valence-electron chi connectivity index (χ4n) is 2.05. The van der Waals surface area contributed by atoms with Gasteiger partial charge in [0, 0.05) is 10.9 Å². The molecule has 2 rings (SSSR count). The van der Waals surface area contributed by atoms with Crippen molar-refractivity contribution in [2.45, 2.75) is 33.2 Å². The van der Waals surface area contributed by atoms with E-state index in [-0.39, 0.29) is 23.8 Å². The van der Waals surface area contributed by atoms with Gasteiger partial charge >= 0.3 is 0 Å². The largest absolute Gasteiger partial charge is 0.319 e. The van der Waals surface area contributed by atoms with Gasteiger partial charge in [0.05, 0.1) is 22.7 Å². The van der Waals surface area contributed by atoms with E-state index < -0.39 is 10.5 Å². The van der Waals surface area contributed by atoms with Gasteiger partial charge in [-0.05, 0) is 33.8 Å². The summed E-state index contributed by atoms with van der Waals surface area (Å²) in [4.78, 5) is 28.2. The van der Waals surface area contributed by atoms with E-state index >= 15 is 0 Å². The van der Waals surface area contributed by atoms with E-state index in [2.05, 4.69) is 15.6 Å². The average Bonchev–Trinajstić information content (AvgIpc) is 2.86. The van der Waals surface area contributed by atoms with E-state index in [0.29, 0.717) is 0 Å². The van der Waals surface area contributed by atoms with E-state index in [1.54, 1.807) is 23.5 Å². The molecule has 1 heterocycles. The van der Waals surface area contributed by atoms with Gasteiger partial charge in [0.25, 0.3) is 5.69 Å². The van der Waals surface area contributed by atoms with Crippen molar-refractivity contribution in [2.75, 3.05) is 11.9 Å². The van der Waals surface area contributed by atoms with Crippen LogP contribution in [0.25, 0.3) is 0 Å². The molecule has 0 aliphatic carbocycles. The highest BCUT2D eigenvalue weighted by Gasteiger charge is 2.25. The first-order valence-electron chi connectivity index (χ1n) is 7.43. The topological polar surface area (TPSA) is 97.2 Å². The number of hydrogen-bond donors (Lipinski definition) is 2. The van der Waals surface area contributed by atoms with Gasteiger partial charge in [-0.3, -0.25) is 20.2 Å². The molecule has 1 amide bonds. The van der Waals surface area contributed by atoms with Gasteiger partial charge in [-0.25, -0.2) is 4.98 Å². The maximum atomic E-state index is 12.1. The van der Waals surface area contributed by atoms with Gasteiger partial charge in [0.2, 0.25) is 5.91 Å². The lowest BCUT2D eigenvalue weighted by atomic mass is 10.1. The van der Waals surface area contributed by atoms with E-state index in [4.69, 9.17) is 0 Å². The van der Waals surface area contributed by atoms with Gasteiger partial charge in [0.15, 0.2) is 0 Å². The number of para-hydroxylation sites is 2. The van der Waals surface area contributed by atoms with Gasteiger partial charge in [-0.15, -0.1) is 11.3 Å². The third kappa shape index (κ3) is 4.15. The first-order valence-corrected chi connectivity index (χ1v) is 8.25. The Balaban J connectivity index is 2.02. The Labute approximate surface area is 144 Å². The Bertz CT molecular complexity index is 751. The molecule has 7 nitrogen and oxygen atoms in total. The van der Waals surface area contributed by atoms with Crippen molar-refractivity contribution < 1.29 is 9.72 Å². The van der Waals surface area contributed by atoms with Crippen molar-refractivity contribution in [3.05, 3.63) is 50.0 Å². The van der Waals surface area contributed by atoms with Crippen molar-refractivity contribution >= 4 is 28.6 Å². The second-order valence-electron chi connectivity index (χ2n) is 5.96. The Kier molecular flexibility index (Phi) is 5.30. The van der Waals surface area contributed by atoms with E-state index in [1.807, 2.05) is 27.7 Å². The van der Waals surface area contributed by atoms with Crippen LogP contribution in [0.5, 0.6) is 0 Å². The number of aryl methyl sites for hydroxylation is 2. The second-order valence-corrected chi connectivity index (χ2v) is 7.16. The number of aromatic nitrogens is 1. The molecule has 1 aromatic heterocycles. The third-order valence-corrected chi connectivity index (χ3v) is 5.03. The van der Waals surface area contributed by atoms with Crippen molar-refractivity contribution in [3.63, 3.8) is 0 Å². The molecule has 24 heavy (non-hydrogen) atoms. The minimum Gasteiger partial charge on any atom is -0.319 e. The SMILES string of the molecule is Cc1nc(C(C)(C)NCC(=O)Nc2ccccc2[N+](=O)[O-])sc1C. The van der Waals surface area contributed by atoms with Crippen LogP contribution in [0, 0.1) is 24.0 Å². The zero-order chi connectivity index (χ0) is 17.9. The van der Waals surface area contributed by atoms with Crippen LogP contribution in [0.15, 0.2) is 24.3 Å². The first-order chi connectivity index (χ1) is 11.2. The molecule has 8 heteroatoms. The molecule has 2 N–H and O–H groups in total. The molecule has 0 fully saturated rings. The predicted molar refractivity (Wildman–Crippen MR) is 94.3 cm³/mol. The van der Waals surface area contributed by atoms with Crippen LogP contribution in [-0.2, 0) is 10.3 Å². The highest BCUT2D eigenvalue weighted by atomic mass is 32.1. The fourth-order valence-corrected chi connectivity index (χ4v) is 3.04. The monoisotopic (exact) mass is 348 g/mol. The molecular formula is C16H20N4O3S. The number of carbonyl (C=O) groups is 1. The number of carbonyl (C=O) groups excluding carboxylic acids is 1. The molecule has 0 spiro atoms. The summed E-state index contributed by atoms with van der Waals surface area (Å²) >= 11 is 1.59. The predicted octanol–water partition coefficient (Wildman–Crippen LogP) is 3.13. The molecule has 1 aromatic carbocycles. The van der Waals surface area contributed by atoms with E-state index in [0.717, 1.165) is 15.6 Å². The lowest BCUT2D eigenvalue weighted by Gasteiger charge is -2.23. The van der Waals surface area contributed by atoms with Gasteiger partial charge in [-0.2, -0.15) is 0 Å². The zero-order valence-electron chi connectivity index (χ0n) is 14.0. The molecular weight excluding hydrogens is 328 g/mol. The third-order valence-electron chi connectivity index (χ3n) is 3.63. The number of rotatable bonds is 6. The quantitative estimate of drug-likeness (QED) is 0.617. The molecule has 0 radical (unpaired) electrons. The first kappa shape index (κ1) is 18.0. The van der Waals surface area contributed by atoms with Crippen LogP contribution in [0.3, 0.4) is 0 Å². The molecule has 0 aliphatic heterocycles.